The fraction of sp³-hybridized carbons (Fsp3) is 0.455. The summed E-state index contributed by atoms with van der Waals surface area (Å²) in [4.78, 5) is 0. The Morgan fingerprint density at radius 3 is 2.20 bits per heavy atom. The lowest BCUT2D eigenvalue weighted by molar-refractivity contribution is -0.0112. The third kappa shape index (κ3) is 2.73. The minimum atomic E-state index is -1.33. The Bertz CT molecular complexity index is 339. The number of hydrogen-bond donors (Lipinski definition) is 2. The van der Waals surface area contributed by atoms with Crippen molar-refractivity contribution in [1.29, 1.82) is 0 Å². The van der Waals surface area contributed by atoms with E-state index in [9.17, 15) is 19.0 Å². The van der Waals surface area contributed by atoms with Gasteiger partial charge in [-0.15, -0.1) is 0 Å². The molecule has 4 heteroatoms. The fourth-order valence-electron chi connectivity index (χ4n) is 1.29. The minimum absolute atomic E-state index is 0.0856. The molecule has 0 aliphatic rings. The molecule has 0 aliphatic carbocycles. The predicted molar refractivity (Wildman–Crippen MR) is 52.2 cm³/mol. The second-order valence-electron chi connectivity index (χ2n) is 3.85. The van der Waals surface area contributed by atoms with Gasteiger partial charge in [-0.1, -0.05) is 19.9 Å². The molecule has 0 bridgehead atoms. The number of halogens is 2. The van der Waals surface area contributed by atoms with Crippen molar-refractivity contribution in [3.63, 3.8) is 0 Å². The van der Waals surface area contributed by atoms with Gasteiger partial charge in [-0.3, -0.25) is 0 Å². The van der Waals surface area contributed by atoms with Crippen LogP contribution < -0.4 is 0 Å². The van der Waals surface area contributed by atoms with Crippen LogP contribution in [0.15, 0.2) is 18.2 Å². The van der Waals surface area contributed by atoms with Crippen LogP contribution in [0.3, 0.4) is 0 Å². The molecular formula is C11H14F2O2. The van der Waals surface area contributed by atoms with Gasteiger partial charge in [0.15, 0.2) is 0 Å². The van der Waals surface area contributed by atoms with Crippen LogP contribution in [0.4, 0.5) is 8.78 Å². The van der Waals surface area contributed by atoms with Crippen molar-refractivity contribution in [1.82, 2.24) is 0 Å². The highest BCUT2D eigenvalue weighted by atomic mass is 19.1. The van der Waals surface area contributed by atoms with Gasteiger partial charge in [0.05, 0.1) is 6.10 Å². The van der Waals surface area contributed by atoms with E-state index in [0.29, 0.717) is 6.07 Å². The quantitative estimate of drug-likeness (QED) is 0.811. The molecule has 2 atom stereocenters. The molecule has 0 saturated heterocycles. The lowest BCUT2D eigenvalue weighted by atomic mass is 9.96. The zero-order valence-corrected chi connectivity index (χ0v) is 8.61. The van der Waals surface area contributed by atoms with Gasteiger partial charge in [-0.2, -0.15) is 0 Å². The maximum atomic E-state index is 13.2. The predicted octanol–water partition coefficient (Wildman–Crippen LogP) is 2.02. The summed E-state index contributed by atoms with van der Waals surface area (Å²) in [6.07, 6.45) is -2.39. The molecule has 2 unspecified atom stereocenters. The summed E-state index contributed by atoms with van der Waals surface area (Å²) in [5.41, 5.74) is -0.0856. The topological polar surface area (TPSA) is 40.5 Å². The van der Waals surface area contributed by atoms with Crippen LogP contribution in [0.2, 0.25) is 0 Å². The summed E-state index contributed by atoms with van der Waals surface area (Å²) in [6, 6.07) is 2.88. The lowest BCUT2D eigenvalue weighted by Gasteiger charge is -2.21. The Balaban J connectivity index is 2.96. The SMILES string of the molecule is CC(C)C(O)C(O)c1ccc(F)cc1F. The zero-order chi connectivity index (χ0) is 11.6. The Morgan fingerprint density at radius 1 is 1.13 bits per heavy atom. The highest BCUT2D eigenvalue weighted by molar-refractivity contribution is 5.21. The molecule has 0 heterocycles. The molecule has 0 spiro atoms. The molecule has 84 valence electrons. The molecule has 1 aromatic rings. The summed E-state index contributed by atoms with van der Waals surface area (Å²) in [7, 11) is 0. The van der Waals surface area contributed by atoms with Crippen LogP contribution in [-0.2, 0) is 0 Å². The molecule has 15 heavy (non-hydrogen) atoms. The molecule has 1 aromatic carbocycles. The van der Waals surface area contributed by atoms with Gasteiger partial charge in [-0.05, 0) is 12.0 Å². The Hall–Kier alpha value is -1.00. The Morgan fingerprint density at radius 2 is 1.73 bits per heavy atom. The second-order valence-corrected chi connectivity index (χ2v) is 3.85. The first-order valence-electron chi connectivity index (χ1n) is 4.74. The standard InChI is InChI=1S/C11H14F2O2/c1-6(2)10(14)11(15)8-4-3-7(12)5-9(8)13/h3-6,10-11,14-15H,1-2H3. The van der Waals surface area contributed by atoms with E-state index in [0.717, 1.165) is 12.1 Å². The van der Waals surface area contributed by atoms with Crippen molar-refractivity contribution in [2.45, 2.75) is 26.1 Å². The molecule has 0 aromatic heterocycles. The van der Waals surface area contributed by atoms with Crippen molar-refractivity contribution in [2.75, 3.05) is 0 Å². The van der Waals surface area contributed by atoms with E-state index in [1.807, 2.05) is 0 Å². The van der Waals surface area contributed by atoms with Crippen LogP contribution >= 0.6 is 0 Å². The number of rotatable bonds is 3. The van der Waals surface area contributed by atoms with Crippen molar-refractivity contribution >= 4 is 0 Å². The Kier molecular flexibility index (Phi) is 3.77. The third-order valence-electron chi connectivity index (χ3n) is 2.29. The summed E-state index contributed by atoms with van der Waals surface area (Å²) in [5.74, 6) is -1.76. The van der Waals surface area contributed by atoms with E-state index < -0.39 is 23.8 Å². The number of aliphatic hydroxyl groups excluding tert-OH is 2. The van der Waals surface area contributed by atoms with Crippen LogP contribution in [0.25, 0.3) is 0 Å². The first-order chi connectivity index (χ1) is 6.93. The highest BCUT2D eigenvalue weighted by Gasteiger charge is 2.24. The first-order valence-corrected chi connectivity index (χ1v) is 4.74. The van der Waals surface area contributed by atoms with Crippen molar-refractivity contribution in [3.8, 4) is 0 Å². The van der Waals surface area contributed by atoms with E-state index in [1.165, 1.54) is 0 Å². The molecule has 0 fully saturated rings. The molecular weight excluding hydrogens is 202 g/mol. The number of hydrogen-bond acceptors (Lipinski definition) is 2. The summed E-state index contributed by atoms with van der Waals surface area (Å²) in [5, 5.41) is 19.2. The number of benzene rings is 1. The van der Waals surface area contributed by atoms with Gasteiger partial charge >= 0.3 is 0 Å². The molecule has 0 saturated carbocycles. The van der Waals surface area contributed by atoms with Gasteiger partial charge < -0.3 is 10.2 Å². The summed E-state index contributed by atoms with van der Waals surface area (Å²) < 4.78 is 25.8. The fourth-order valence-corrected chi connectivity index (χ4v) is 1.29. The molecule has 0 amide bonds. The van der Waals surface area contributed by atoms with Crippen molar-refractivity contribution in [3.05, 3.63) is 35.4 Å². The maximum absolute atomic E-state index is 13.2. The van der Waals surface area contributed by atoms with E-state index in [4.69, 9.17) is 0 Å². The monoisotopic (exact) mass is 216 g/mol. The minimum Gasteiger partial charge on any atom is -0.390 e. The third-order valence-corrected chi connectivity index (χ3v) is 2.29. The lowest BCUT2D eigenvalue weighted by Crippen LogP contribution is -2.24. The normalized spacial score (nSPS) is 15.4. The van der Waals surface area contributed by atoms with E-state index >= 15 is 0 Å². The van der Waals surface area contributed by atoms with Gasteiger partial charge in [0.2, 0.25) is 0 Å². The van der Waals surface area contributed by atoms with Gasteiger partial charge in [0.25, 0.3) is 0 Å². The van der Waals surface area contributed by atoms with Crippen molar-refractivity contribution in [2.24, 2.45) is 5.92 Å². The largest absolute Gasteiger partial charge is 0.390 e. The zero-order valence-electron chi connectivity index (χ0n) is 8.61. The van der Waals surface area contributed by atoms with E-state index in [1.54, 1.807) is 13.8 Å². The number of aliphatic hydroxyl groups is 2. The molecule has 2 N–H and O–H groups in total. The summed E-state index contributed by atoms with van der Waals surface area (Å²) >= 11 is 0. The van der Waals surface area contributed by atoms with Crippen LogP contribution in [0.5, 0.6) is 0 Å². The molecule has 0 aliphatic heterocycles. The van der Waals surface area contributed by atoms with E-state index in [-0.39, 0.29) is 11.5 Å². The molecule has 0 radical (unpaired) electrons. The van der Waals surface area contributed by atoms with Gasteiger partial charge in [-0.25, -0.2) is 8.78 Å². The van der Waals surface area contributed by atoms with Gasteiger partial charge in [0, 0.05) is 11.6 Å². The van der Waals surface area contributed by atoms with Gasteiger partial charge in [0.1, 0.15) is 17.7 Å². The van der Waals surface area contributed by atoms with Crippen LogP contribution in [-0.4, -0.2) is 16.3 Å². The first kappa shape index (κ1) is 12.1. The van der Waals surface area contributed by atoms with Crippen molar-refractivity contribution < 1.29 is 19.0 Å². The Labute approximate surface area is 87.2 Å². The maximum Gasteiger partial charge on any atom is 0.132 e. The molecule has 1 rings (SSSR count). The smallest absolute Gasteiger partial charge is 0.132 e. The highest BCUT2D eigenvalue weighted by Crippen LogP contribution is 2.24. The molecule has 2 nitrogen and oxygen atoms in total. The second kappa shape index (κ2) is 4.68. The summed E-state index contributed by atoms with van der Waals surface area (Å²) in [6.45, 7) is 3.41. The van der Waals surface area contributed by atoms with Crippen LogP contribution in [0, 0.1) is 17.6 Å². The van der Waals surface area contributed by atoms with E-state index in [2.05, 4.69) is 0 Å². The van der Waals surface area contributed by atoms with Crippen LogP contribution in [0.1, 0.15) is 25.5 Å². The average Bonchev–Trinajstić information content (AvgIpc) is 2.15. The average molecular weight is 216 g/mol.